The number of piperazine rings is 1. The maximum Gasteiger partial charge on any atom is 0.222 e. The van der Waals surface area contributed by atoms with Crippen LogP contribution in [0.5, 0.6) is 0 Å². The van der Waals surface area contributed by atoms with Gasteiger partial charge in [-0.2, -0.15) is 0 Å². The van der Waals surface area contributed by atoms with Gasteiger partial charge >= 0.3 is 0 Å². The smallest absolute Gasteiger partial charge is 0.222 e. The predicted molar refractivity (Wildman–Crippen MR) is 101 cm³/mol. The largest absolute Gasteiger partial charge is 0.397 e. The zero-order chi connectivity index (χ0) is 17.6. The van der Waals surface area contributed by atoms with Gasteiger partial charge in [0.1, 0.15) is 0 Å². The van der Waals surface area contributed by atoms with Crippen molar-refractivity contribution in [2.24, 2.45) is 0 Å². The number of aliphatic hydroxyl groups excluding tert-OH is 1. The third kappa shape index (κ3) is 4.64. The molecular formula is C19H30N4O2. The van der Waals surface area contributed by atoms with Crippen LogP contribution in [-0.4, -0.2) is 73.2 Å². The summed E-state index contributed by atoms with van der Waals surface area (Å²) in [6.45, 7) is 6.28. The topological polar surface area (TPSA) is 73.0 Å². The minimum atomic E-state index is 0.183. The lowest BCUT2D eigenvalue weighted by Crippen LogP contribution is -2.49. The van der Waals surface area contributed by atoms with Crippen LogP contribution < -0.4 is 10.6 Å². The average Bonchev–Trinajstić information content (AvgIpc) is 3.15. The van der Waals surface area contributed by atoms with Gasteiger partial charge in [-0.25, -0.2) is 0 Å². The lowest BCUT2D eigenvalue weighted by atomic mass is 10.1. The predicted octanol–water partition coefficient (Wildman–Crippen LogP) is 0.938. The summed E-state index contributed by atoms with van der Waals surface area (Å²) in [6.07, 6.45) is 3.74. The lowest BCUT2D eigenvalue weighted by molar-refractivity contribution is -0.132. The minimum Gasteiger partial charge on any atom is -0.397 e. The molecule has 2 aliphatic heterocycles. The zero-order valence-corrected chi connectivity index (χ0v) is 15.0. The Balaban J connectivity index is 1.48. The molecule has 0 bridgehead atoms. The molecule has 25 heavy (non-hydrogen) atoms. The standard InChI is InChI=1S/C19H30N4O2/c20-17-15-16(3-5-18(17)22-7-1-2-8-22)4-6-19(25)23-11-9-21(10-12-23)13-14-24/h3,5,15,24H,1-2,4,6-14,20H2. The Morgan fingerprint density at radius 3 is 2.44 bits per heavy atom. The van der Waals surface area contributed by atoms with E-state index >= 15 is 0 Å². The van der Waals surface area contributed by atoms with Crippen molar-refractivity contribution in [2.75, 3.05) is 63.1 Å². The van der Waals surface area contributed by atoms with Gasteiger partial charge in [-0.1, -0.05) is 6.07 Å². The van der Waals surface area contributed by atoms with Crippen molar-refractivity contribution in [2.45, 2.75) is 25.7 Å². The fraction of sp³-hybridized carbons (Fsp3) is 0.632. The second-order valence-electron chi connectivity index (χ2n) is 7.03. The normalized spacial score (nSPS) is 18.8. The Labute approximate surface area is 150 Å². The van der Waals surface area contributed by atoms with Crippen molar-refractivity contribution in [3.63, 3.8) is 0 Å². The first-order valence-electron chi connectivity index (χ1n) is 9.41. The summed E-state index contributed by atoms with van der Waals surface area (Å²) < 4.78 is 0. The molecule has 3 rings (SSSR count). The van der Waals surface area contributed by atoms with Crippen molar-refractivity contribution in [1.82, 2.24) is 9.80 Å². The second-order valence-corrected chi connectivity index (χ2v) is 7.03. The molecule has 0 aromatic heterocycles. The van der Waals surface area contributed by atoms with Crippen LogP contribution in [0.4, 0.5) is 11.4 Å². The number of aryl methyl sites for hydroxylation is 1. The highest BCUT2D eigenvalue weighted by Crippen LogP contribution is 2.28. The van der Waals surface area contributed by atoms with Crippen LogP contribution in [0.1, 0.15) is 24.8 Å². The van der Waals surface area contributed by atoms with Crippen LogP contribution in [0.2, 0.25) is 0 Å². The van der Waals surface area contributed by atoms with Gasteiger partial charge in [-0.3, -0.25) is 9.69 Å². The fourth-order valence-electron chi connectivity index (χ4n) is 3.78. The first kappa shape index (κ1) is 18.0. The van der Waals surface area contributed by atoms with Crippen molar-refractivity contribution in [3.05, 3.63) is 23.8 Å². The van der Waals surface area contributed by atoms with Gasteiger partial charge in [0.15, 0.2) is 0 Å². The van der Waals surface area contributed by atoms with Gasteiger partial charge in [0.2, 0.25) is 5.91 Å². The third-order valence-electron chi connectivity index (χ3n) is 5.31. The van der Waals surface area contributed by atoms with Crippen LogP contribution in [0, 0.1) is 0 Å². The summed E-state index contributed by atoms with van der Waals surface area (Å²) in [4.78, 5) is 18.9. The Kier molecular flexibility index (Phi) is 6.15. The number of rotatable bonds is 6. The molecule has 0 radical (unpaired) electrons. The molecule has 0 saturated carbocycles. The van der Waals surface area contributed by atoms with Crippen LogP contribution in [0.3, 0.4) is 0 Å². The number of hydrogen-bond donors (Lipinski definition) is 2. The Morgan fingerprint density at radius 2 is 1.80 bits per heavy atom. The van der Waals surface area contributed by atoms with E-state index in [1.165, 1.54) is 12.8 Å². The number of carbonyl (C=O) groups excluding carboxylic acids is 1. The van der Waals surface area contributed by atoms with E-state index in [1.54, 1.807) is 0 Å². The molecule has 2 heterocycles. The molecule has 6 heteroatoms. The van der Waals surface area contributed by atoms with Crippen LogP contribution in [-0.2, 0) is 11.2 Å². The van der Waals surface area contributed by atoms with Crippen LogP contribution in [0.25, 0.3) is 0 Å². The summed E-state index contributed by atoms with van der Waals surface area (Å²) >= 11 is 0. The first-order chi connectivity index (χ1) is 12.2. The number of anilines is 2. The number of nitrogens with two attached hydrogens (primary N) is 1. The second kappa shape index (κ2) is 8.54. The van der Waals surface area contributed by atoms with E-state index in [2.05, 4.69) is 21.9 Å². The quantitative estimate of drug-likeness (QED) is 0.750. The van der Waals surface area contributed by atoms with E-state index in [0.29, 0.717) is 13.0 Å². The molecule has 0 aliphatic carbocycles. The van der Waals surface area contributed by atoms with Crippen molar-refractivity contribution in [3.8, 4) is 0 Å². The molecular weight excluding hydrogens is 316 g/mol. The van der Waals surface area contributed by atoms with E-state index < -0.39 is 0 Å². The molecule has 138 valence electrons. The monoisotopic (exact) mass is 346 g/mol. The van der Waals surface area contributed by atoms with Gasteiger partial charge in [0.25, 0.3) is 0 Å². The van der Waals surface area contributed by atoms with Crippen LogP contribution >= 0.6 is 0 Å². The molecule has 1 aromatic rings. The van der Waals surface area contributed by atoms with Crippen molar-refractivity contribution in [1.29, 1.82) is 0 Å². The van der Waals surface area contributed by atoms with Crippen molar-refractivity contribution < 1.29 is 9.90 Å². The summed E-state index contributed by atoms with van der Waals surface area (Å²) in [7, 11) is 0. The van der Waals surface area contributed by atoms with Crippen molar-refractivity contribution >= 4 is 17.3 Å². The molecule has 2 saturated heterocycles. The van der Waals surface area contributed by atoms with E-state index in [4.69, 9.17) is 10.8 Å². The maximum atomic E-state index is 12.4. The van der Waals surface area contributed by atoms with E-state index in [-0.39, 0.29) is 12.5 Å². The molecule has 2 fully saturated rings. The number of benzene rings is 1. The third-order valence-corrected chi connectivity index (χ3v) is 5.31. The summed E-state index contributed by atoms with van der Waals surface area (Å²) in [5.41, 5.74) is 9.32. The zero-order valence-electron chi connectivity index (χ0n) is 15.0. The SMILES string of the molecule is Nc1cc(CCC(=O)N2CCN(CCO)CC2)ccc1N1CCCC1. The van der Waals surface area contributed by atoms with Gasteiger partial charge in [-0.05, 0) is 37.0 Å². The number of carbonyl (C=O) groups is 1. The van der Waals surface area contributed by atoms with Gasteiger partial charge in [0, 0.05) is 52.2 Å². The molecule has 1 aromatic carbocycles. The maximum absolute atomic E-state index is 12.4. The number of aliphatic hydroxyl groups is 1. The van der Waals surface area contributed by atoms with Gasteiger partial charge in [-0.15, -0.1) is 0 Å². The highest BCUT2D eigenvalue weighted by Gasteiger charge is 2.20. The lowest BCUT2D eigenvalue weighted by Gasteiger charge is -2.34. The van der Waals surface area contributed by atoms with Gasteiger partial charge in [0.05, 0.1) is 18.0 Å². The number of β-amino-alcohol motifs (C(OH)–C–C–N with tert-alkyl or cyclic N) is 1. The number of nitrogens with zero attached hydrogens (tertiary/aromatic N) is 3. The molecule has 0 unspecified atom stereocenters. The Morgan fingerprint density at radius 1 is 1.08 bits per heavy atom. The highest BCUT2D eigenvalue weighted by molar-refractivity contribution is 5.77. The molecule has 2 aliphatic rings. The van der Waals surface area contributed by atoms with E-state index in [1.807, 2.05) is 11.0 Å². The highest BCUT2D eigenvalue weighted by atomic mass is 16.3. The molecule has 6 nitrogen and oxygen atoms in total. The van der Waals surface area contributed by atoms with E-state index in [9.17, 15) is 4.79 Å². The number of amides is 1. The summed E-state index contributed by atoms with van der Waals surface area (Å²) in [5.74, 6) is 0.214. The van der Waals surface area contributed by atoms with E-state index in [0.717, 1.165) is 62.6 Å². The first-order valence-corrected chi connectivity index (χ1v) is 9.41. The van der Waals surface area contributed by atoms with Gasteiger partial charge < -0.3 is 20.6 Å². The number of nitrogen functional groups attached to an aromatic ring is 1. The minimum absolute atomic E-state index is 0.183. The Bertz CT molecular complexity index is 579. The number of hydrogen-bond acceptors (Lipinski definition) is 5. The summed E-state index contributed by atoms with van der Waals surface area (Å²) in [6, 6.07) is 6.24. The Hall–Kier alpha value is -1.79. The average molecular weight is 346 g/mol. The van der Waals surface area contributed by atoms with Crippen LogP contribution in [0.15, 0.2) is 18.2 Å². The molecule has 0 atom stereocenters. The summed E-state index contributed by atoms with van der Waals surface area (Å²) in [5, 5.41) is 8.98. The fourth-order valence-corrected chi connectivity index (χ4v) is 3.78. The molecule has 3 N–H and O–H groups in total. The molecule has 1 amide bonds. The molecule has 0 spiro atoms.